The zero-order chi connectivity index (χ0) is 20.4. The molecule has 1 aliphatic rings. The first-order valence-corrected chi connectivity index (χ1v) is 12.4. The minimum absolute atomic E-state index is 0.0187. The average Bonchev–Trinajstić information content (AvgIpc) is 3.35. The minimum Gasteiger partial charge on any atom is -0.361 e. The van der Waals surface area contributed by atoms with Gasteiger partial charge in [0.2, 0.25) is 10.0 Å². The summed E-state index contributed by atoms with van der Waals surface area (Å²) in [4.78, 5) is 3.22. The number of rotatable bonds is 9. The molecule has 0 aliphatic carbocycles. The number of H-pyrrole nitrogens is 1. The molecule has 10 heteroatoms. The van der Waals surface area contributed by atoms with Crippen LogP contribution >= 0.6 is 7.75 Å². The number of benzene rings is 1. The zero-order valence-electron chi connectivity index (χ0n) is 16.6. The molecule has 0 radical (unpaired) electrons. The van der Waals surface area contributed by atoms with Gasteiger partial charge >= 0.3 is 7.75 Å². The Labute approximate surface area is 166 Å². The molecule has 0 unspecified atom stereocenters. The van der Waals surface area contributed by atoms with E-state index < -0.39 is 17.8 Å². The summed E-state index contributed by atoms with van der Waals surface area (Å²) in [7, 11) is -2.08. The molecule has 0 amide bonds. The fraction of sp³-hybridized carbons (Fsp3) is 0.556. The van der Waals surface area contributed by atoms with Gasteiger partial charge in [0, 0.05) is 51.0 Å². The molecule has 0 bridgehead atoms. The van der Waals surface area contributed by atoms with Gasteiger partial charge in [0.1, 0.15) is 0 Å². The van der Waals surface area contributed by atoms with Gasteiger partial charge in [-0.05, 0) is 43.5 Å². The molecule has 1 fully saturated rings. The second-order valence-corrected chi connectivity index (χ2v) is 11.3. The monoisotopic (exact) mass is 429 g/mol. The van der Waals surface area contributed by atoms with Gasteiger partial charge in [0.15, 0.2) is 0 Å². The van der Waals surface area contributed by atoms with Crippen LogP contribution < -0.4 is 0 Å². The molecule has 1 aliphatic heterocycles. The normalized spacial score (nSPS) is 16.4. The van der Waals surface area contributed by atoms with Gasteiger partial charge in [-0.3, -0.25) is 9.05 Å². The van der Waals surface area contributed by atoms with Gasteiger partial charge in [-0.1, -0.05) is 12.1 Å². The van der Waals surface area contributed by atoms with E-state index in [1.165, 1.54) is 14.2 Å². The summed E-state index contributed by atoms with van der Waals surface area (Å²) >= 11 is 0. The number of aromatic nitrogens is 1. The third kappa shape index (κ3) is 4.50. The number of likely N-dealkylation sites (N-methyl/N-ethyl adjacent to an activating group) is 1. The first-order chi connectivity index (χ1) is 13.3. The topological polar surface area (TPSA) is 91.9 Å². The quantitative estimate of drug-likeness (QED) is 0.616. The third-order valence-electron chi connectivity index (χ3n) is 5.22. The number of nitrogens with one attached hydrogen (secondary N) is 1. The first-order valence-electron chi connectivity index (χ1n) is 9.29. The Bertz CT molecular complexity index is 961. The summed E-state index contributed by atoms with van der Waals surface area (Å²) in [5, 5.41) is 1.03. The van der Waals surface area contributed by atoms with Crippen molar-refractivity contribution in [3.8, 4) is 0 Å². The standard InChI is InChI=1S/C18H28N3O5PS/c1-20(27(22,25-2)26-3)11-8-16-13-19-18-12-15(6-7-17(16)18)14-28(23,24)21-9-4-5-10-21/h6-7,12-13,19H,4-5,8-11,14H2,1-3H3. The van der Waals surface area contributed by atoms with E-state index in [2.05, 4.69) is 4.98 Å². The molecule has 0 spiro atoms. The molecule has 0 saturated carbocycles. The largest absolute Gasteiger partial charge is 0.407 e. The molecule has 8 nitrogen and oxygen atoms in total. The molecule has 1 saturated heterocycles. The van der Waals surface area contributed by atoms with E-state index >= 15 is 0 Å². The van der Waals surface area contributed by atoms with Crippen LogP contribution in [0.4, 0.5) is 0 Å². The van der Waals surface area contributed by atoms with Gasteiger partial charge in [-0.15, -0.1) is 0 Å². The molecule has 28 heavy (non-hydrogen) atoms. The molecule has 1 aromatic carbocycles. The van der Waals surface area contributed by atoms with Crippen LogP contribution in [0.3, 0.4) is 0 Å². The highest BCUT2D eigenvalue weighted by atomic mass is 32.2. The number of sulfonamides is 1. The van der Waals surface area contributed by atoms with Crippen molar-refractivity contribution in [3.05, 3.63) is 35.5 Å². The van der Waals surface area contributed by atoms with Gasteiger partial charge in [-0.2, -0.15) is 0 Å². The number of hydrogen-bond acceptors (Lipinski definition) is 5. The van der Waals surface area contributed by atoms with Crippen molar-refractivity contribution in [2.45, 2.75) is 25.0 Å². The lowest BCUT2D eigenvalue weighted by Crippen LogP contribution is -2.29. The Kier molecular flexibility index (Phi) is 6.64. The van der Waals surface area contributed by atoms with E-state index in [-0.39, 0.29) is 5.75 Å². The van der Waals surface area contributed by atoms with Crippen LogP contribution in [-0.2, 0) is 35.8 Å². The van der Waals surface area contributed by atoms with Crippen LogP contribution in [0, 0.1) is 0 Å². The SMILES string of the molecule is COP(=O)(OC)N(C)CCc1c[nH]c2cc(CS(=O)(=O)N3CCCC3)ccc12. The Balaban J connectivity index is 1.71. The Morgan fingerprint density at radius 3 is 2.54 bits per heavy atom. The van der Waals surface area contributed by atoms with E-state index in [0.717, 1.165) is 34.9 Å². The number of aromatic amines is 1. The third-order valence-corrected chi connectivity index (χ3v) is 9.03. The van der Waals surface area contributed by atoms with E-state index in [1.54, 1.807) is 16.0 Å². The Hall–Kier alpha value is -1.22. The van der Waals surface area contributed by atoms with E-state index in [1.807, 2.05) is 24.4 Å². The van der Waals surface area contributed by atoms with Crippen molar-refractivity contribution in [3.63, 3.8) is 0 Å². The molecule has 3 rings (SSSR count). The zero-order valence-corrected chi connectivity index (χ0v) is 18.3. The minimum atomic E-state index is -3.26. The average molecular weight is 429 g/mol. The molecule has 2 heterocycles. The van der Waals surface area contributed by atoms with Gasteiger partial charge in [0.05, 0.1) is 5.75 Å². The van der Waals surface area contributed by atoms with E-state index in [0.29, 0.717) is 26.1 Å². The summed E-state index contributed by atoms with van der Waals surface area (Å²) < 4.78 is 50.6. The van der Waals surface area contributed by atoms with Crippen LogP contribution in [-0.4, -0.2) is 63.3 Å². The van der Waals surface area contributed by atoms with Crippen LogP contribution in [0.2, 0.25) is 0 Å². The van der Waals surface area contributed by atoms with E-state index in [4.69, 9.17) is 9.05 Å². The fourth-order valence-electron chi connectivity index (χ4n) is 3.56. The molecular weight excluding hydrogens is 401 g/mol. The Morgan fingerprint density at radius 2 is 1.89 bits per heavy atom. The second kappa shape index (κ2) is 8.65. The molecular formula is C18H28N3O5PS. The number of hydrogen-bond donors (Lipinski definition) is 1. The molecule has 2 aromatic rings. The maximum absolute atomic E-state index is 12.5. The molecule has 1 N–H and O–H groups in total. The number of fused-ring (bicyclic) bond motifs is 1. The molecule has 156 valence electrons. The maximum Gasteiger partial charge on any atom is 0.407 e. The summed E-state index contributed by atoms with van der Waals surface area (Å²) in [6.45, 7) is 1.74. The number of nitrogens with zero attached hydrogens (tertiary/aromatic N) is 2. The lowest BCUT2D eigenvalue weighted by Gasteiger charge is -2.23. The lowest BCUT2D eigenvalue weighted by atomic mass is 10.1. The smallest absolute Gasteiger partial charge is 0.361 e. The highest BCUT2D eigenvalue weighted by Gasteiger charge is 2.28. The van der Waals surface area contributed by atoms with Crippen molar-refractivity contribution in [2.75, 3.05) is 40.9 Å². The van der Waals surface area contributed by atoms with Gasteiger partial charge in [-0.25, -0.2) is 22.0 Å². The first kappa shape index (κ1) is 21.5. The van der Waals surface area contributed by atoms with Crippen molar-refractivity contribution >= 4 is 28.7 Å². The van der Waals surface area contributed by atoms with Crippen molar-refractivity contribution < 1.29 is 22.0 Å². The van der Waals surface area contributed by atoms with Crippen LogP contribution in [0.25, 0.3) is 10.9 Å². The van der Waals surface area contributed by atoms with Gasteiger partial charge < -0.3 is 4.98 Å². The van der Waals surface area contributed by atoms with Crippen LogP contribution in [0.15, 0.2) is 24.4 Å². The van der Waals surface area contributed by atoms with Crippen molar-refractivity contribution in [1.82, 2.24) is 14.0 Å². The highest BCUT2D eigenvalue weighted by molar-refractivity contribution is 7.88. The summed E-state index contributed by atoms with van der Waals surface area (Å²) in [6, 6.07) is 5.71. The molecule has 1 aromatic heterocycles. The maximum atomic E-state index is 12.5. The predicted molar refractivity (Wildman–Crippen MR) is 110 cm³/mol. The van der Waals surface area contributed by atoms with Gasteiger partial charge in [0.25, 0.3) is 0 Å². The predicted octanol–water partition coefficient (Wildman–Crippen LogP) is 2.97. The second-order valence-electron chi connectivity index (χ2n) is 7.02. The summed E-state index contributed by atoms with van der Waals surface area (Å²) in [5.74, 6) is 0.0187. The lowest BCUT2D eigenvalue weighted by molar-refractivity contribution is 0.221. The molecule has 0 atom stereocenters. The van der Waals surface area contributed by atoms with E-state index in [9.17, 15) is 13.0 Å². The van der Waals surface area contributed by atoms with Crippen LogP contribution in [0.5, 0.6) is 0 Å². The summed E-state index contributed by atoms with van der Waals surface area (Å²) in [5.41, 5.74) is 2.73. The fourth-order valence-corrected chi connectivity index (χ4v) is 6.21. The Morgan fingerprint density at radius 1 is 1.21 bits per heavy atom. The van der Waals surface area contributed by atoms with Crippen molar-refractivity contribution in [1.29, 1.82) is 0 Å². The summed E-state index contributed by atoms with van der Waals surface area (Å²) in [6.07, 6.45) is 4.43. The van der Waals surface area contributed by atoms with Crippen LogP contribution in [0.1, 0.15) is 24.0 Å². The highest BCUT2D eigenvalue weighted by Crippen LogP contribution is 2.49. The van der Waals surface area contributed by atoms with Crippen molar-refractivity contribution in [2.24, 2.45) is 0 Å².